The van der Waals surface area contributed by atoms with E-state index in [1.807, 2.05) is 0 Å². The Bertz CT molecular complexity index is 696. The topological polar surface area (TPSA) is 23.6 Å². The van der Waals surface area contributed by atoms with Gasteiger partial charge in [0.25, 0.3) is 0 Å². The molecule has 2 heterocycles. The van der Waals surface area contributed by atoms with E-state index in [0.717, 1.165) is 44.6 Å². The Kier molecular flexibility index (Phi) is 6.19. The summed E-state index contributed by atoms with van der Waals surface area (Å²) in [7, 11) is 0. The fraction of sp³-hybridized carbons (Fsp3) is 0.550. The van der Waals surface area contributed by atoms with Gasteiger partial charge in [-0.25, -0.2) is 4.39 Å². The molecule has 27 heavy (non-hydrogen) atoms. The van der Waals surface area contributed by atoms with Crippen molar-refractivity contribution < 1.29 is 22.4 Å². The van der Waals surface area contributed by atoms with Gasteiger partial charge in [-0.1, -0.05) is 12.5 Å². The predicted octanol–water partition coefficient (Wildman–Crippen LogP) is 4.33. The number of rotatable bonds is 4. The fourth-order valence-electron chi connectivity index (χ4n) is 3.85. The molecule has 7 heteroatoms. The molecule has 0 aliphatic carbocycles. The van der Waals surface area contributed by atoms with Crippen LogP contribution in [0, 0.1) is 5.82 Å². The molecular formula is C20H24F4N2O. The number of halogens is 4. The van der Waals surface area contributed by atoms with Crippen LogP contribution in [-0.2, 0) is 11.0 Å². The number of nitrogens with zero attached hydrogens (tertiary/aromatic N) is 2. The lowest BCUT2D eigenvalue weighted by Crippen LogP contribution is -2.44. The number of hydrogen-bond acceptors (Lipinski definition) is 2. The van der Waals surface area contributed by atoms with E-state index in [2.05, 4.69) is 4.90 Å². The first-order chi connectivity index (χ1) is 12.8. The van der Waals surface area contributed by atoms with Crippen LogP contribution >= 0.6 is 0 Å². The summed E-state index contributed by atoms with van der Waals surface area (Å²) in [6, 6.07) is 2.48. The second kappa shape index (κ2) is 8.42. The van der Waals surface area contributed by atoms with Gasteiger partial charge in [-0.05, 0) is 57.0 Å². The zero-order valence-corrected chi connectivity index (χ0v) is 15.1. The van der Waals surface area contributed by atoms with Crippen LogP contribution in [0.25, 0.3) is 6.08 Å². The van der Waals surface area contributed by atoms with Gasteiger partial charge in [0.2, 0.25) is 5.91 Å². The number of benzene rings is 1. The molecule has 2 fully saturated rings. The highest BCUT2D eigenvalue weighted by Crippen LogP contribution is 2.30. The molecule has 2 saturated heterocycles. The molecule has 2 aliphatic heterocycles. The van der Waals surface area contributed by atoms with Crippen LogP contribution in [0.3, 0.4) is 0 Å². The van der Waals surface area contributed by atoms with E-state index in [0.29, 0.717) is 12.6 Å². The van der Waals surface area contributed by atoms with E-state index in [1.54, 1.807) is 4.90 Å². The van der Waals surface area contributed by atoms with E-state index < -0.39 is 17.6 Å². The summed E-state index contributed by atoms with van der Waals surface area (Å²) < 4.78 is 51.7. The molecule has 0 N–H and O–H groups in total. The molecule has 0 unspecified atom stereocenters. The Hall–Kier alpha value is -1.89. The summed E-state index contributed by atoms with van der Waals surface area (Å²) in [5.41, 5.74) is -1.06. The van der Waals surface area contributed by atoms with Crippen molar-refractivity contribution in [2.45, 2.75) is 44.3 Å². The molecule has 0 saturated carbocycles. The fourth-order valence-corrected chi connectivity index (χ4v) is 3.85. The number of carbonyl (C=O) groups excluding carboxylic acids is 1. The summed E-state index contributed by atoms with van der Waals surface area (Å²) in [5.74, 6) is -1.20. The van der Waals surface area contributed by atoms with Gasteiger partial charge in [0.15, 0.2) is 0 Å². The third kappa shape index (κ3) is 5.09. The van der Waals surface area contributed by atoms with E-state index in [-0.39, 0.29) is 17.5 Å². The molecule has 1 atom stereocenters. The zero-order chi connectivity index (χ0) is 19.4. The Morgan fingerprint density at radius 1 is 1.11 bits per heavy atom. The number of amides is 1. The molecule has 3 rings (SSSR count). The maximum Gasteiger partial charge on any atom is 0.416 e. The van der Waals surface area contributed by atoms with Gasteiger partial charge in [0.1, 0.15) is 5.82 Å². The van der Waals surface area contributed by atoms with Crippen LogP contribution in [0.1, 0.15) is 43.2 Å². The summed E-state index contributed by atoms with van der Waals surface area (Å²) in [6.07, 6.45) is 3.45. The summed E-state index contributed by atoms with van der Waals surface area (Å²) in [6.45, 7) is 3.64. The van der Waals surface area contributed by atoms with Crippen molar-refractivity contribution >= 4 is 12.0 Å². The van der Waals surface area contributed by atoms with Crippen LogP contribution < -0.4 is 0 Å². The van der Waals surface area contributed by atoms with Gasteiger partial charge in [-0.2, -0.15) is 13.2 Å². The summed E-state index contributed by atoms with van der Waals surface area (Å²) in [4.78, 5) is 16.7. The third-order valence-electron chi connectivity index (χ3n) is 5.31. The highest BCUT2D eigenvalue weighted by Gasteiger charge is 2.31. The molecule has 0 spiro atoms. The minimum atomic E-state index is -4.59. The molecular weight excluding hydrogens is 360 g/mol. The number of piperidine rings is 1. The van der Waals surface area contributed by atoms with Crippen molar-refractivity contribution in [1.82, 2.24) is 9.80 Å². The van der Waals surface area contributed by atoms with Crippen molar-refractivity contribution in [2.75, 3.05) is 26.2 Å². The van der Waals surface area contributed by atoms with Crippen LogP contribution in [-0.4, -0.2) is 47.9 Å². The molecule has 2 aliphatic rings. The van der Waals surface area contributed by atoms with Crippen LogP contribution in [0.2, 0.25) is 0 Å². The first-order valence-electron chi connectivity index (χ1n) is 9.42. The lowest BCUT2D eigenvalue weighted by Gasteiger charge is -2.32. The van der Waals surface area contributed by atoms with Crippen LogP contribution in [0.5, 0.6) is 0 Å². The van der Waals surface area contributed by atoms with Gasteiger partial charge in [-0.3, -0.25) is 4.79 Å². The summed E-state index contributed by atoms with van der Waals surface area (Å²) in [5, 5.41) is 0. The normalized spacial score (nSPS) is 21.9. The standard InChI is InChI=1S/C20H24F4N2O/c21-18-13-16(20(22,23)24)8-6-15(18)7-9-19(27)26-12-4-5-17(26)14-25-10-2-1-3-11-25/h6-9,13,17H,1-5,10-12,14H2/b9-7+/t17-/m0/s1. The number of carbonyl (C=O) groups is 1. The van der Waals surface area contributed by atoms with E-state index in [9.17, 15) is 22.4 Å². The maximum atomic E-state index is 13.9. The Labute approximate surface area is 156 Å². The average Bonchev–Trinajstić information content (AvgIpc) is 3.08. The Morgan fingerprint density at radius 2 is 1.85 bits per heavy atom. The first kappa shape index (κ1) is 19.9. The Morgan fingerprint density at radius 3 is 2.52 bits per heavy atom. The van der Waals surface area contributed by atoms with Gasteiger partial charge < -0.3 is 9.80 Å². The quantitative estimate of drug-likeness (QED) is 0.570. The van der Waals surface area contributed by atoms with Crippen LogP contribution in [0.4, 0.5) is 17.6 Å². The van der Waals surface area contributed by atoms with E-state index in [1.165, 1.54) is 31.4 Å². The van der Waals surface area contributed by atoms with Crippen molar-refractivity contribution in [2.24, 2.45) is 0 Å². The maximum absolute atomic E-state index is 13.9. The lowest BCUT2D eigenvalue weighted by molar-refractivity contribution is -0.137. The molecule has 1 amide bonds. The lowest BCUT2D eigenvalue weighted by atomic mass is 10.1. The number of likely N-dealkylation sites (tertiary alicyclic amines) is 2. The number of alkyl halides is 3. The van der Waals surface area contributed by atoms with E-state index >= 15 is 0 Å². The second-order valence-corrected chi connectivity index (χ2v) is 7.26. The third-order valence-corrected chi connectivity index (χ3v) is 5.31. The molecule has 1 aromatic rings. The summed E-state index contributed by atoms with van der Waals surface area (Å²) >= 11 is 0. The highest BCUT2D eigenvalue weighted by atomic mass is 19.4. The molecule has 1 aromatic carbocycles. The molecule has 0 aromatic heterocycles. The molecule has 3 nitrogen and oxygen atoms in total. The number of hydrogen-bond donors (Lipinski definition) is 0. The first-order valence-corrected chi connectivity index (χ1v) is 9.42. The van der Waals surface area contributed by atoms with Gasteiger partial charge in [0, 0.05) is 30.8 Å². The van der Waals surface area contributed by atoms with E-state index in [4.69, 9.17) is 0 Å². The molecule has 148 valence electrons. The SMILES string of the molecule is O=C(/C=C/c1ccc(C(F)(F)F)cc1F)N1CCC[C@H]1CN1CCCCC1. The van der Waals surface area contributed by atoms with Crippen molar-refractivity contribution in [3.8, 4) is 0 Å². The minimum Gasteiger partial charge on any atom is -0.335 e. The minimum absolute atomic E-state index is 0.0249. The largest absolute Gasteiger partial charge is 0.416 e. The van der Waals surface area contributed by atoms with Gasteiger partial charge >= 0.3 is 6.18 Å². The smallest absolute Gasteiger partial charge is 0.335 e. The zero-order valence-electron chi connectivity index (χ0n) is 15.1. The molecule has 0 bridgehead atoms. The van der Waals surface area contributed by atoms with Gasteiger partial charge in [-0.15, -0.1) is 0 Å². The second-order valence-electron chi connectivity index (χ2n) is 7.26. The highest BCUT2D eigenvalue weighted by molar-refractivity contribution is 5.92. The van der Waals surface area contributed by atoms with Crippen molar-refractivity contribution in [3.05, 3.63) is 41.2 Å². The molecule has 0 radical (unpaired) electrons. The Balaban J connectivity index is 1.63. The van der Waals surface area contributed by atoms with Crippen molar-refractivity contribution in [1.29, 1.82) is 0 Å². The van der Waals surface area contributed by atoms with Crippen LogP contribution in [0.15, 0.2) is 24.3 Å². The van der Waals surface area contributed by atoms with Crippen molar-refractivity contribution in [3.63, 3.8) is 0 Å². The monoisotopic (exact) mass is 384 g/mol. The predicted molar refractivity (Wildman–Crippen MR) is 95.5 cm³/mol. The average molecular weight is 384 g/mol. The van der Waals surface area contributed by atoms with Gasteiger partial charge in [0.05, 0.1) is 5.56 Å².